The van der Waals surface area contributed by atoms with Crippen molar-refractivity contribution in [3.63, 3.8) is 0 Å². The van der Waals surface area contributed by atoms with Crippen LogP contribution in [0, 0.1) is 0 Å². The molecule has 2 aromatic rings. The summed E-state index contributed by atoms with van der Waals surface area (Å²) in [7, 11) is 0. The third kappa shape index (κ3) is 5.36. The monoisotopic (exact) mass is 370 g/mol. The molecule has 2 heterocycles. The van der Waals surface area contributed by atoms with Gasteiger partial charge in [-0.2, -0.15) is 0 Å². The number of pyridine rings is 1. The van der Waals surface area contributed by atoms with Gasteiger partial charge in [0.1, 0.15) is 36.1 Å². The first-order chi connectivity index (χ1) is 13.3. The second-order valence-corrected chi connectivity index (χ2v) is 6.37. The number of hydrogen-bond acceptors (Lipinski definition) is 6. The number of anilines is 1. The maximum atomic E-state index is 12.4. The summed E-state index contributed by atoms with van der Waals surface area (Å²) in [4.78, 5) is 18.9. The lowest BCUT2D eigenvalue weighted by molar-refractivity contribution is 0.0451. The predicted octanol–water partition coefficient (Wildman–Crippen LogP) is 3.71. The van der Waals surface area contributed by atoms with Crippen molar-refractivity contribution >= 4 is 11.8 Å². The first kappa shape index (κ1) is 19.0. The van der Waals surface area contributed by atoms with Crippen LogP contribution >= 0.6 is 0 Å². The molecule has 1 aliphatic heterocycles. The van der Waals surface area contributed by atoms with E-state index in [0.29, 0.717) is 30.3 Å². The topological polar surface area (TPSA) is 60.9 Å². The zero-order chi connectivity index (χ0) is 18.9. The lowest BCUT2D eigenvalue weighted by Gasteiger charge is -2.19. The summed E-state index contributed by atoms with van der Waals surface area (Å²) in [6, 6.07) is 11.0. The van der Waals surface area contributed by atoms with E-state index in [-0.39, 0.29) is 12.6 Å². The summed E-state index contributed by atoms with van der Waals surface area (Å²) >= 11 is 0. The van der Waals surface area contributed by atoms with E-state index in [9.17, 15) is 4.79 Å². The van der Waals surface area contributed by atoms with Crippen LogP contribution in [0.3, 0.4) is 0 Å². The average molecular weight is 370 g/mol. The Bertz CT molecular complexity index is 727. The highest BCUT2D eigenvalue weighted by Gasteiger charge is 2.21. The molecule has 0 bridgehead atoms. The summed E-state index contributed by atoms with van der Waals surface area (Å²) in [6.07, 6.45) is 4.93. The van der Waals surface area contributed by atoms with Gasteiger partial charge < -0.3 is 19.1 Å². The van der Waals surface area contributed by atoms with Crippen LogP contribution in [0.2, 0.25) is 0 Å². The van der Waals surface area contributed by atoms with Crippen molar-refractivity contribution in [3.8, 4) is 11.5 Å². The Labute approximate surface area is 160 Å². The van der Waals surface area contributed by atoms with Gasteiger partial charge in [-0.3, -0.25) is 0 Å². The number of nitrogens with zero attached hydrogens (tertiary/aromatic N) is 2. The zero-order valence-corrected chi connectivity index (χ0v) is 15.7. The van der Waals surface area contributed by atoms with Gasteiger partial charge in [0.05, 0.1) is 6.61 Å². The van der Waals surface area contributed by atoms with E-state index in [2.05, 4.69) is 16.8 Å². The SMILES string of the molecule is CCCOc1ccc(OCCOC(=O)c2cccnc2N2CCCC2)cc1. The molecule has 1 saturated heterocycles. The van der Waals surface area contributed by atoms with Gasteiger partial charge >= 0.3 is 5.97 Å². The molecule has 6 nitrogen and oxygen atoms in total. The van der Waals surface area contributed by atoms with Crippen molar-refractivity contribution in [2.24, 2.45) is 0 Å². The normalized spacial score (nSPS) is 13.4. The van der Waals surface area contributed by atoms with Gasteiger partial charge in [0.2, 0.25) is 0 Å². The van der Waals surface area contributed by atoms with Gasteiger partial charge in [-0.05, 0) is 55.7 Å². The molecule has 1 aromatic carbocycles. The van der Waals surface area contributed by atoms with E-state index in [0.717, 1.165) is 38.1 Å². The largest absolute Gasteiger partial charge is 0.494 e. The van der Waals surface area contributed by atoms with Gasteiger partial charge in [0.25, 0.3) is 0 Å². The molecule has 6 heteroatoms. The number of esters is 1. The number of carbonyl (C=O) groups excluding carboxylic acids is 1. The molecule has 1 fully saturated rings. The standard InChI is InChI=1S/C21H26N2O4/c1-2-14-25-17-7-9-18(10-8-17)26-15-16-27-21(24)19-6-5-11-22-20(19)23-12-3-4-13-23/h5-11H,2-4,12-16H2,1H3. The Morgan fingerprint density at radius 3 is 2.33 bits per heavy atom. The molecule has 3 rings (SSSR count). The van der Waals surface area contributed by atoms with E-state index >= 15 is 0 Å². The van der Waals surface area contributed by atoms with Crippen molar-refractivity contribution in [3.05, 3.63) is 48.2 Å². The van der Waals surface area contributed by atoms with Crippen molar-refractivity contribution in [2.45, 2.75) is 26.2 Å². The Morgan fingerprint density at radius 2 is 1.67 bits per heavy atom. The van der Waals surface area contributed by atoms with E-state index in [1.54, 1.807) is 18.3 Å². The minimum atomic E-state index is -0.364. The summed E-state index contributed by atoms with van der Waals surface area (Å²) < 4.78 is 16.5. The Morgan fingerprint density at radius 1 is 1.00 bits per heavy atom. The van der Waals surface area contributed by atoms with E-state index in [1.165, 1.54) is 0 Å². The molecule has 1 aromatic heterocycles. The van der Waals surface area contributed by atoms with Crippen molar-refractivity contribution < 1.29 is 19.0 Å². The van der Waals surface area contributed by atoms with Crippen LogP contribution in [0.1, 0.15) is 36.5 Å². The van der Waals surface area contributed by atoms with E-state index in [4.69, 9.17) is 14.2 Å². The van der Waals surface area contributed by atoms with Gasteiger partial charge in [0.15, 0.2) is 0 Å². The van der Waals surface area contributed by atoms with Gasteiger partial charge in [-0.25, -0.2) is 9.78 Å². The highest BCUT2D eigenvalue weighted by molar-refractivity contribution is 5.94. The predicted molar refractivity (Wildman–Crippen MR) is 104 cm³/mol. The quantitative estimate of drug-likeness (QED) is 0.495. The van der Waals surface area contributed by atoms with Crippen LogP contribution in [0.5, 0.6) is 11.5 Å². The van der Waals surface area contributed by atoms with Crippen LogP contribution in [-0.4, -0.2) is 43.9 Å². The van der Waals surface area contributed by atoms with E-state index in [1.807, 2.05) is 24.3 Å². The van der Waals surface area contributed by atoms with Gasteiger partial charge in [-0.1, -0.05) is 6.92 Å². The summed E-state index contributed by atoms with van der Waals surface area (Å²) in [5.41, 5.74) is 0.511. The molecular formula is C21H26N2O4. The van der Waals surface area contributed by atoms with Crippen molar-refractivity contribution in [1.82, 2.24) is 4.98 Å². The molecule has 27 heavy (non-hydrogen) atoms. The van der Waals surface area contributed by atoms with Crippen LogP contribution in [0.15, 0.2) is 42.6 Å². The molecule has 1 aliphatic rings. The molecule has 0 radical (unpaired) electrons. The Kier molecular flexibility index (Phi) is 6.90. The van der Waals surface area contributed by atoms with Crippen molar-refractivity contribution in [2.75, 3.05) is 37.8 Å². The summed E-state index contributed by atoms with van der Waals surface area (Å²) in [6.45, 7) is 5.10. The lowest BCUT2D eigenvalue weighted by Crippen LogP contribution is -2.23. The summed E-state index contributed by atoms with van der Waals surface area (Å²) in [5.74, 6) is 1.89. The molecule has 0 saturated carbocycles. The summed E-state index contributed by atoms with van der Waals surface area (Å²) in [5, 5.41) is 0. The third-order valence-electron chi connectivity index (χ3n) is 4.29. The minimum Gasteiger partial charge on any atom is -0.494 e. The van der Waals surface area contributed by atoms with Crippen LogP contribution in [-0.2, 0) is 4.74 Å². The second kappa shape index (κ2) is 9.80. The second-order valence-electron chi connectivity index (χ2n) is 6.37. The molecule has 0 atom stereocenters. The maximum absolute atomic E-state index is 12.4. The van der Waals surface area contributed by atoms with Crippen LogP contribution in [0.25, 0.3) is 0 Å². The fourth-order valence-corrected chi connectivity index (χ4v) is 2.96. The number of carbonyl (C=O) groups is 1. The molecule has 0 amide bonds. The van der Waals surface area contributed by atoms with E-state index < -0.39 is 0 Å². The fourth-order valence-electron chi connectivity index (χ4n) is 2.96. The fraction of sp³-hybridized carbons (Fsp3) is 0.429. The molecule has 144 valence electrons. The Balaban J connectivity index is 1.46. The highest BCUT2D eigenvalue weighted by Crippen LogP contribution is 2.22. The number of aromatic nitrogens is 1. The van der Waals surface area contributed by atoms with Gasteiger partial charge in [-0.15, -0.1) is 0 Å². The smallest absolute Gasteiger partial charge is 0.342 e. The first-order valence-corrected chi connectivity index (χ1v) is 9.50. The molecule has 0 N–H and O–H groups in total. The highest BCUT2D eigenvalue weighted by atomic mass is 16.6. The molecule has 0 unspecified atom stereocenters. The first-order valence-electron chi connectivity index (χ1n) is 9.50. The van der Waals surface area contributed by atoms with Gasteiger partial charge in [0, 0.05) is 19.3 Å². The number of ether oxygens (including phenoxy) is 3. The Hall–Kier alpha value is -2.76. The molecule has 0 aliphatic carbocycles. The number of hydrogen-bond donors (Lipinski definition) is 0. The molecular weight excluding hydrogens is 344 g/mol. The minimum absolute atomic E-state index is 0.182. The number of benzene rings is 1. The van der Waals surface area contributed by atoms with Crippen molar-refractivity contribution in [1.29, 1.82) is 0 Å². The number of rotatable bonds is 9. The lowest BCUT2D eigenvalue weighted by atomic mass is 10.2. The van der Waals surface area contributed by atoms with Crippen LogP contribution in [0.4, 0.5) is 5.82 Å². The third-order valence-corrected chi connectivity index (χ3v) is 4.29. The van der Waals surface area contributed by atoms with Crippen LogP contribution < -0.4 is 14.4 Å². The average Bonchev–Trinajstić information content (AvgIpc) is 3.25. The maximum Gasteiger partial charge on any atom is 0.342 e. The zero-order valence-electron chi connectivity index (χ0n) is 15.7. The molecule has 0 spiro atoms.